The minimum Gasteiger partial charge on any atom is -0.497 e. The van der Waals surface area contributed by atoms with Gasteiger partial charge < -0.3 is 30.7 Å². The van der Waals surface area contributed by atoms with E-state index in [2.05, 4.69) is 15.6 Å². The van der Waals surface area contributed by atoms with Crippen molar-refractivity contribution in [2.45, 2.75) is 64.9 Å². The largest absolute Gasteiger partial charge is 0.497 e. The number of hydrogen-bond donors (Lipinski definition) is 3. The van der Waals surface area contributed by atoms with Gasteiger partial charge in [-0.15, -0.1) is 0 Å². The first kappa shape index (κ1) is 28.7. The molecule has 11 heteroatoms. The number of ether oxygens (including phenoxy) is 2. The van der Waals surface area contributed by atoms with E-state index >= 15 is 0 Å². The maximum absolute atomic E-state index is 12.3. The van der Waals surface area contributed by atoms with Crippen LogP contribution in [0.15, 0.2) is 18.2 Å². The fraction of sp³-hybridized carbons (Fsp3) is 0.519. The number of aryl methyl sites for hydroxylation is 1. The van der Waals surface area contributed by atoms with Gasteiger partial charge in [0.1, 0.15) is 17.9 Å². The van der Waals surface area contributed by atoms with Crippen molar-refractivity contribution in [3.8, 4) is 5.75 Å². The average molecular weight is 527 g/mol. The van der Waals surface area contributed by atoms with Crippen LogP contribution in [0.5, 0.6) is 5.75 Å². The number of anilines is 2. The first-order valence-electron chi connectivity index (χ1n) is 12.8. The first-order valence-corrected chi connectivity index (χ1v) is 12.8. The Hall–Kier alpha value is -3.89. The molecule has 0 atom stereocenters. The normalized spacial score (nSPS) is 13.0. The quantitative estimate of drug-likeness (QED) is 0.404. The molecule has 0 unspecified atom stereocenters. The monoisotopic (exact) mass is 526 g/mol. The second kappa shape index (κ2) is 12.1. The molecule has 4 N–H and O–H groups in total. The lowest BCUT2D eigenvalue weighted by Gasteiger charge is -2.24. The van der Waals surface area contributed by atoms with Gasteiger partial charge in [0.25, 0.3) is 5.91 Å². The van der Waals surface area contributed by atoms with Gasteiger partial charge in [0, 0.05) is 31.3 Å². The minimum absolute atomic E-state index is 0.0944. The van der Waals surface area contributed by atoms with Crippen LogP contribution in [0.25, 0.3) is 0 Å². The van der Waals surface area contributed by atoms with Crippen LogP contribution in [-0.2, 0) is 22.4 Å². The lowest BCUT2D eigenvalue weighted by molar-refractivity contribution is -0.121. The van der Waals surface area contributed by atoms with Crippen molar-refractivity contribution >= 4 is 29.4 Å². The van der Waals surface area contributed by atoms with Crippen LogP contribution in [0.2, 0.25) is 0 Å². The fourth-order valence-corrected chi connectivity index (χ4v) is 3.84. The van der Waals surface area contributed by atoms with Gasteiger partial charge in [-0.25, -0.2) is 14.8 Å². The summed E-state index contributed by atoms with van der Waals surface area (Å²) < 4.78 is 10.7. The van der Waals surface area contributed by atoms with Crippen molar-refractivity contribution in [1.29, 1.82) is 0 Å². The van der Waals surface area contributed by atoms with Gasteiger partial charge in [-0.2, -0.15) is 0 Å². The summed E-state index contributed by atoms with van der Waals surface area (Å²) in [6.45, 7) is 7.51. The third kappa shape index (κ3) is 8.06. The molecule has 1 aliphatic carbocycles. The van der Waals surface area contributed by atoms with E-state index in [0.717, 1.165) is 29.8 Å². The van der Waals surface area contributed by atoms with Crippen molar-refractivity contribution in [2.75, 3.05) is 32.6 Å². The summed E-state index contributed by atoms with van der Waals surface area (Å²) in [7, 11) is 3.08. The van der Waals surface area contributed by atoms with E-state index in [1.165, 1.54) is 11.9 Å². The first-order chi connectivity index (χ1) is 17.9. The highest BCUT2D eigenvalue weighted by atomic mass is 16.6. The third-order valence-electron chi connectivity index (χ3n) is 5.82. The Balaban J connectivity index is 1.68. The molecular formula is C27H38N6O5. The van der Waals surface area contributed by atoms with E-state index in [-0.39, 0.29) is 18.1 Å². The Morgan fingerprint density at radius 2 is 1.87 bits per heavy atom. The molecule has 0 bridgehead atoms. The van der Waals surface area contributed by atoms with Crippen LogP contribution in [0.4, 0.5) is 16.3 Å². The van der Waals surface area contributed by atoms with Crippen molar-refractivity contribution in [2.24, 2.45) is 5.73 Å². The highest BCUT2D eigenvalue weighted by Gasteiger charge is 2.30. The zero-order valence-electron chi connectivity index (χ0n) is 23.0. The van der Waals surface area contributed by atoms with E-state index in [1.807, 2.05) is 19.1 Å². The standard InChI is InChI=1S/C27H38N6O5/c1-7-20-22(17-8-9-17)32-25(23(31-20)24(28)35)30-18-12-16(13-19(14-18)37-6)10-11-29-21(34)15-33(5)26(36)38-27(2,3)4/h12-14,17H,7-11,15H2,1-6H3,(H2,28,35)(H,29,34)(H,30,32). The molecule has 206 valence electrons. The second-order valence-electron chi connectivity index (χ2n) is 10.4. The molecule has 2 aromatic rings. The lowest BCUT2D eigenvalue weighted by Crippen LogP contribution is -2.41. The molecule has 3 rings (SSSR count). The minimum atomic E-state index is -0.653. The molecule has 11 nitrogen and oxygen atoms in total. The van der Waals surface area contributed by atoms with Gasteiger partial charge in [-0.1, -0.05) is 6.92 Å². The smallest absolute Gasteiger partial charge is 0.410 e. The van der Waals surface area contributed by atoms with Crippen LogP contribution < -0.4 is 21.1 Å². The van der Waals surface area contributed by atoms with Crippen molar-refractivity contribution in [3.05, 3.63) is 40.8 Å². The highest BCUT2D eigenvalue weighted by Crippen LogP contribution is 2.41. The Labute approximate surface area is 223 Å². The SMILES string of the molecule is CCc1nc(C(N)=O)c(Nc2cc(CCNC(=O)CN(C)C(=O)OC(C)(C)C)cc(OC)c2)nc1C1CC1. The molecule has 0 saturated heterocycles. The van der Waals surface area contributed by atoms with Crippen molar-refractivity contribution < 1.29 is 23.9 Å². The molecule has 0 spiro atoms. The third-order valence-corrected chi connectivity index (χ3v) is 5.82. The number of primary amides is 1. The number of likely N-dealkylation sites (N-methyl/N-ethyl adjacent to an activating group) is 1. The van der Waals surface area contributed by atoms with Gasteiger partial charge >= 0.3 is 6.09 Å². The Morgan fingerprint density at radius 1 is 1.16 bits per heavy atom. The molecule has 1 aromatic carbocycles. The molecule has 0 aliphatic heterocycles. The number of amides is 3. The summed E-state index contributed by atoms with van der Waals surface area (Å²) in [6.07, 6.45) is 2.72. The van der Waals surface area contributed by atoms with Gasteiger partial charge in [-0.3, -0.25) is 9.59 Å². The number of carbonyl (C=O) groups excluding carboxylic acids is 3. The van der Waals surface area contributed by atoms with Gasteiger partial charge in [-0.05, 0) is 64.2 Å². The topological polar surface area (TPSA) is 149 Å². The number of benzene rings is 1. The molecule has 1 saturated carbocycles. The predicted octanol–water partition coefficient (Wildman–Crippen LogP) is 3.29. The molecule has 1 fully saturated rings. The predicted molar refractivity (Wildman–Crippen MR) is 144 cm³/mol. The zero-order valence-corrected chi connectivity index (χ0v) is 23.0. The van der Waals surface area contributed by atoms with Crippen molar-refractivity contribution in [3.63, 3.8) is 0 Å². The Morgan fingerprint density at radius 3 is 2.45 bits per heavy atom. The van der Waals surface area contributed by atoms with E-state index in [0.29, 0.717) is 42.6 Å². The van der Waals surface area contributed by atoms with E-state index < -0.39 is 17.6 Å². The highest BCUT2D eigenvalue weighted by molar-refractivity contribution is 5.96. The number of nitrogens with two attached hydrogens (primary N) is 1. The number of hydrogen-bond acceptors (Lipinski definition) is 8. The zero-order chi connectivity index (χ0) is 28.0. The number of nitrogens with zero attached hydrogens (tertiary/aromatic N) is 3. The maximum atomic E-state index is 12.3. The molecular weight excluding hydrogens is 488 g/mol. The molecule has 1 aromatic heterocycles. The number of nitrogens with one attached hydrogen (secondary N) is 2. The molecule has 1 heterocycles. The summed E-state index contributed by atoms with van der Waals surface area (Å²) in [4.78, 5) is 47.0. The maximum Gasteiger partial charge on any atom is 0.410 e. The van der Waals surface area contributed by atoms with Gasteiger partial charge in [0.15, 0.2) is 11.5 Å². The number of carbonyl (C=O) groups is 3. The molecule has 3 amide bonds. The summed E-state index contributed by atoms with van der Waals surface area (Å²) in [6, 6.07) is 5.54. The van der Waals surface area contributed by atoms with Crippen LogP contribution in [0.1, 0.15) is 73.9 Å². The van der Waals surface area contributed by atoms with Crippen LogP contribution in [0, 0.1) is 0 Å². The lowest BCUT2D eigenvalue weighted by atomic mass is 10.1. The fourth-order valence-electron chi connectivity index (χ4n) is 3.84. The molecule has 1 aliphatic rings. The Bertz CT molecular complexity index is 1190. The number of aromatic nitrogens is 2. The number of methoxy groups -OCH3 is 1. The van der Waals surface area contributed by atoms with E-state index in [9.17, 15) is 14.4 Å². The molecule has 38 heavy (non-hydrogen) atoms. The van der Waals surface area contributed by atoms with Crippen LogP contribution in [-0.4, -0.2) is 65.6 Å². The second-order valence-corrected chi connectivity index (χ2v) is 10.4. The summed E-state index contributed by atoms with van der Waals surface area (Å²) in [5.74, 6) is 0.319. The van der Waals surface area contributed by atoms with Crippen LogP contribution >= 0.6 is 0 Å². The van der Waals surface area contributed by atoms with Gasteiger partial charge in [0.05, 0.1) is 18.5 Å². The summed E-state index contributed by atoms with van der Waals surface area (Å²) in [5, 5.41) is 6.02. The molecule has 0 radical (unpaired) electrons. The average Bonchev–Trinajstić information content (AvgIpc) is 3.67. The van der Waals surface area contributed by atoms with Crippen LogP contribution in [0.3, 0.4) is 0 Å². The number of rotatable bonds is 11. The van der Waals surface area contributed by atoms with Gasteiger partial charge in [0.2, 0.25) is 5.91 Å². The Kier molecular flexibility index (Phi) is 9.13. The summed E-state index contributed by atoms with van der Waals surface area (Å²) in [5.41, 5.74) is 8.31. The van der Waals surface area contributed by atoms with E-state index in [1.54, 1.807) is 33.9 Å². The van der Waals surface area contributed by atoms with E-state index in [4.69, 9.17) is 20.2 Å². The summed E-state index contributed by atoms with van der Waals surface area (Å²) >= 11 is 0. The van der Waals surface area contributed by atoms with Crippen molar-refractivity contribution in [1.82, 2.24) is 20.2 Å².